The molecule has 1 aromatic heterocycles. The quantitative estimate of drug-likeness (QED) is 0.514. The lowest BCUT2D eigenvalue weighted by atomic mass is 10.1. The first-order valence-corrected chi connectivity index (χ1v) is 11.6. The number of nitrogens with zero attached hydrogens (tertiary/aromatic N) is 1. The summed E-state index contributed by atoms with van der Waals surface area (Å²) >= 11 is 1.41. The van der Waals surface area contributed by atoms with Gasteiger partial charge >= 0.3 is 6.36 Å². The molecule has 1 heterocycles. The lowest BCUT2D eigenvalue weighted by molar-refractivity contribution is -0.275. The molecule has 0 radical (unpaired) electrons. The molecule has 1 N–H and O–H groups in total. The number of benzene rings is 2. The fourth-order valence-corrected chi connectivity index (χ4v) is 4.65. The van der Waals surface area contributed by atoms with Crippen molar-refractivity contribution in [1.82, 2.24) is 9.62 Å². The third-order valence-corrected chi connectivity index (χ3v) is 6.64. The zero-order chi connectivity index (χ0) is 23.4. The third-order valence-electron chi connectivity index (χ3n) is 4.36. The Morgan fingerprint density at radius 2 is 1.84 bits per heavy atom. The molecule has 0 bridgehead atoms. The summed E-state index contributed by atoms with van der Waals surface area (Å²) in [6.07, 6.45) is -4.86. The summed E-state index contributed by atoms with van der Waals surface area (Å²) in [6, 6.07) is 14.6. The van der Waals surface area contributed by atoms with Gasteiger partial charge in [-0.05, 0) is 35.7 Å². The largest absolute Gasteiger partial charge is 0.573 e. The highest BCUT2D eigenvalue weighted by atomic mass is 32.2. The zero-order valence-corrected chi connectivity index (χ0v) is 18.4. The number of alkyl halides is 3. The van der Waals surface area contributed by atoms with E-state index in [0.29, 0.717) is 0 Å². The van der Waals surface area contributed by atoms with E-state index in [9.17, 15) is 26.4 Å². The monoisotopic (exact) mass is 484 g/mol. The van der Waals surface area contributed by atoms with Gasteiger partial charge in [0.15, 0.2) is 0 Å². The van der Waals surface area contributed by atoms with Crippen LogP contribution in [-0.4, -0.2) is 32.6 Å². The van der Waals surface area contributed by atoms with Crippen LogP contribution in [0.2, 0.25) is 0 Å². The number of halogens is 3. The second kappa shape index (κ2) is 9.72. The van der Waals surface area contributed by atoms with E-state index in [4.69, 9.17) is 0 Å². The van der Waals surface area contributed by atoms with Gasteiger partial charge in [0.1, 0.15) is 5.75 Å². The lowest BCUT2D eigenvalue weighted by Gasteiger charge is -2.20. The second-order valence-electron chi connectivity index (χ2n) is 6.75. The Morgan fingerprint density at radius 1 is 1.09 bits per heavy atom. The van der Waals surface area contributed by atoms with Crippen molar-refractivity contribution in [1.29, 1.82) is 0 Å². The number of thiophene rings is 1. The van der Waals surface area contributed by atoms with E-state index in [-0.39, 0.29) is 29.1 Å². The minimum Gasteiger partial charge on any atom is -0.405 e. The average Bonchev–Trinajstić information content (AvgIpc) is 3.26. The van der Waals surface area contributed by atoms with Gasteiger partial charge in [-0.2, -0.15) is 0 Å². The number of ether oxygens (including phenoxy) is 1. The molecule has 0 unspecified atom stereocenters. The van der Waals surface area contributed by atoms with E-state index in [0.717, 1.165) is 10.9 Å². The van der Waals surface area contributed by atoms with Gasteiger partial charge in [0, 0.05) is 36.1 Å². The summed E-state index contributed by atoms with van der Waals surface area (Å²) in [5, 5.41) is 1.83. The minimum atomic E-state index is -4.86. The van der Waals surface area contributed by atoms with Gasteiger partial charge in [0.2, 0.25) is 10.0 Å². The molecule has 0 saturated carbocycles. The predicted octanol–water partition coefficient (Wildman–Crippen LogP) is 4.40. The van der Waals surface area contributed by atoms with Crippen LogP contribution in [0.3, 0.4) is 0 Å². The van der Waals surface area contributed by atoms with E-state index in [1.54, 1.807) is 12.1 Å². The summed E-state index contributed by atoms with van der Waals surface area (Å²) in [6.45, 7) is -0.0489. The first-order chi connectivity index (χ1) is 15.0. The maximum Gasteiger partial charge on any atom is 0.573 e. The molecule has 32 heavy (non-hydrogen) atoms. The van der Waals surface area contributed by atoms with Crippen LogP contribution in [0.1, 0.15) is 20.8 Å². The third kappa shape index (κ3) is 6.31. The molecule has 0 saturated heterocycles. The molecular formula is C21H19F3N2O4S2. The molecule has 11 heteroatoms. The Labute approximate surface area is 187 Å². The number of rotatable bonds is 8. The predicted molar refractivity (Wildman–Crippen MR) is 114 cm³/mol. The van der Waals surface area contributed by atoms with Crippen LogP contribution < -0.4 is 9.46 Å². The second-order valence-corrected chi connectivity index (χ2v) is 9.55. The van der Waals surface area contributed by atoms with Crippen molar-refractivity contribution in [3.63, 3.8) is 0 Å². The number of hydrogen-bond donors (Lipinski definition) is 1. The molecule has 0 fully saturated rings. The smallest absolute Gasteiger partial charge is 0.405 e. The number of nitrogens with one attached hydrogen (secondary N) is 1. The van der Waals surface area contributed by atoms with Gasteiger partial charge < -0.3 is 9.64 Å². The van der Waals surface area contributed by atoms with Crippen LogP contribution in [0.5, 0.6) is 5.75 Å². The van der Waals surface area contributed by atoms with Crippen LogP contribution in [0.4, 0.5) is 13.2 Å². The summed E-state index contributed by atoms with van der Waals surface area (Å²) in [5.41, 5.74) is 0.239. The number of sulfonamides is 1. The van der Waals surface area contributed by atoms with Gasteiger partial charge in [-0.25, -0.2) is 13.1 Å². The van der Waals surface area contributed by atoms with Crippen molar-refractivity contribution < 1.29 is 31.1 Å². The van der Waals surface area contributed by atoms with Gasteiger partial charge in [-0.15, -0.1) is 24.5 Å². The first-order valence-electron chi connectivity index (χ1n) is 9.26. The Bertz CT molecular complexity index is 1180. The summed E-state index contributed by atoms with van der Waals surface area (Å²) in [7, 11) is -2.46. The standard InChI is InChI=1S/C21H19F3N2O4S2/c1-26(14-16-6-2-3-10-19(16)30-21(22,23)24)20(27)15-7-4-9-18(12-15)32(28,29)25-13-17-8-5-11-31-17/h2-12,25H,13-14H2,1H3. The lowest BCUT2D eigenvalue weighted by Crippen LogP contribution is -2.28. The van der Waals surface area contributed by atoms with Crippen molar-refractivity contribution in [3.05, 3.63) is 82.0 Å². The maximum absolute atomic E-state index is 12.8. The van der Waals surface area contributed by atoms with Crippen molar-refractivity contribution in [3.8, 4) is 5.75 Å². The van der Waals surface area contributed by atoms with E-state index >= 15 is 0 Å². The highest BCUT2D eigenvalue weighted by Crippen LogP contribution is 2.27. The Balaban J connectivity index is 1.74. The van der Waals surface area contributed by atoms with E-state index < -0.39 is 28.0 Å². The van der Waals surface area contributed by atoms with Gasteiger partial charge in [0.05, 0.1) is 4.90 Å². The SMILES string of the molecule is CN(Cc1ccccc1OC(F)(F)F)C(=O)c1cccc(S(=O)(=O)NCc2cccs2)c1. The Morgan fingerprint density at radius 3 is 2.53 bits per heavy atom. The highest BCUT2D eigenvalue weighted by Gasteiger charge is 2.32. The number of para-hydroxylation sites is 1. The van der Waals surface area contributed by atoms with E-state index in [1.165, 1.54) is 65.7 Å². The number of carbonyl (C=O) groups excluding carboxylic acids is 1. The van der Waals surface area contributed by atoms with Crippen molar-refractivity contribution >= 4 is 27.3 Å². The molecule has 0 spiro atoms. The summed E-state index contributed by atoms with van der Waals surface area (Å²) in [4.78, 5) is 14.7. The van der Waals surface area contributed by atoms with Crippen LogP contribution >= 0.6 is 11.3 Å². The average molecular weight is 485 g/mol. The van der Waals surface area contributed by atoms with Gasteiger partial charge in [-0.1, -0.05) is 30.3 Å². The number of hydrogen-bond acceptors (Lipinski definition) is 5. The fourth-order valence-electron chi connectivity index (χ4n) is 2.87. The molecule has 1 amide bonds. The summed E-state index contributed by atoms with van der Waals surface area (Å²) < 4.78 is 69.5. The normalized spacial score (nSPS) is 11.9. The molecule has 170 valence electrons. The number of carbonyl (C=O) groups is 1. The maximum atomic E-state index is 12.8. The highest BCUT2D eigenvalue weighted by molar-refractivity contribution is 7.89. The molecule has 6 nitrogen and oxygen atoms in total. The molecule has 3 rings (SSSR count). The molecule has 0 atom stereocenters. The zero-order valence-electron chi connectivity index (χ0n) is 16.8. The Hall–Kier alpha value is -2.89. The molecular weight excluding hydrogens is 465 g/mol. The molecule has 0 aliphatic rings. The molecule has 0 aliphatic heterocycles. The van der Waals surface area contributed by atoms with E-state index in [2.05, 4.69) is 9.46 Å². The van der Waals surface area contributed by atoms with Crippen LogP contribution in [0, 0.1) is 0 Å². The van der Waals surface area contributed by atoms with Gasteiger partial charge in [-0.3, -0.25) is 4.79 Å². The first kappa shape index (κ1) is 23.8. The van der Waals surface area contributed by atoms with Crippen LogP contribution in [-0.2, 0) is 23.1 Å². The fraction of sp³-hybridized carbons (Fsp3) is 0.190. The molecule has 3 aromatic rings. The van der Waals surface area contributed by atoms with E-state index in [1.807, 2.05) is 5.38 Å². The van der Waals surface area contributed by atoms with Gasteiger partial charge in [0.25, 0.3) is 5.91 Å². The topological polar surface area (TPSA) is 75.7 Å². The van der Waals surface area contributed by atoms with Crippen molar-refractivity contribution in [2.24, 2.45) is 0 Å². The van der Waals surface area contributed by atoms with Crippen molar-refractivity contribution in [2.75, 3.05) is 7.05 Å². The minimum absolute atomic E-state index is 0.0840. The summed E-state index contributed by atoms with van der Waals surface area (Å²) in [5.74, 6) is -0.962. The number of amides is 1. The van der Waals surface area contributed by atoms with Crippen LogP contribution in [0.15, 0.2) is 70.9 Å². The Kier molecular flexibility index (Phi) is 7.22. The van der Waals surface area contributed by atoms with Crippen LogP contribution in [0.25, 0.3) is 0 Å². The molecule has 2 aromatic carbocycles. The van der Waals surface area contributed by atoms with Crippen molar-refractivity contribution in [2.45, 2.75) is 24.3 Å². The molecule has 0 aliphatic carbocycles.